The second-order valence-corrected chi connectivity index (χ2v) is 6.17. The van der Waals surface area contributed by atoms with Crippen LogP contribution in [-0.2, 0) is 5.60 Å². The zero-order valence-corrected chi connectivity index (χ0v) is 11.7. The van der Waals surface area contributed by atoms with E-state index in [9.17, 15) is 5.11 Å². The molecule has 3 aliphatic rings. The number of ether oxygens (including phenoxy) is 1. The van der Waals surface area contributed by atoms with Crippen molar-refractivity contribution in [3.8, 4) is 5.75 Å². The minimum Gasteiger partial charge on any atom is -0.487 e. The average Bonchev–Trinajstić information content (AvgIpc) is 3.30. The summed E-state index contributed by atoms with van der Waals surface area (Å²) in [5.41, 5.74) is 1.91. The Morgan fingerprint density at radius 1 is 1.30 bits per heavy atom. The van der Waals surface area contributed by atoms with Gasteiger partial charge in [0.25, 0.3) is 0 Å². The van der Waals surface area contributed by atoms with Gasteiger partial charge in [-0.1, -0.05) is 31.2 Å². The van der Waals surface area contributed by atoms with Gasteiger partial charge < -0.3 is 9.84 Å². The Hall–Kier alpha value is -1.61. The summed E-state index contributed by atoms with van der Waals surface area (Å²) in [6.45, 7) is 3.40. The first kappa shape index (κ1) is 12.2. The molecular formula is C17H19NO2. The fourth-order valence-electron chi connectivity index (χ4n) is 3.38. The third-order valence-electron chi connectivity index (χ3n) is 4.57. The Bertz CT molecular complexity index is 615. The molecule has 1 aliphatic carbocycles. The molecule has 0 aromatic heterocycles. The molecule has 1 N–H and O–H groups in total. The Labute approximate surface area is 119 Å². The SMILES string of the molecule is CC1C=C2C(=NC1)COc1ccccc1C2(O)C1CC1. The molecule has 4 rings (SSSR count). The first-order chi connectivity index (χ1) is 9.69. The molecule has 104 valence electrons. The number of hydrogen-bond acceptors (Lipinski definition) is 3. The van der Waals surface area contributed by atoms with E-state index in [1.54, 1.807) is 0 Å². The maximum absolute atomic E-state index is 11.5. The highest BCUT2D eigenvalue weighted by molar-refractivity contribution is 6.04. The third-order valence-corrected chi connectivity index (χ3v) is 4.57. The molecular weight excluding hydrogens is 250 g/mol. The number of aliphatic imine (C=N–C) groups is 1. The summed E-state index contributed by atoms with van der Waals surface area (Å²) in [5.74, 6) is 1.48. The lowest BCUT2D eigenvalue weighted by Crippen LogP contribution is -2.36. The zero-order valence-electron chi connectivity index (χ0n) is 11.7. The summed E-state index contributed by atoms with van der Waals surface area (Å²) in [6.07, 6.45) is 4.35. The Balaban J connectivity index is 1.94. The molecule has 0 spiro atoms. The third kappa shape index (κ3) is 1.66. The first-order valence-electron chi connectivity index (χ1n) is 7.40. The molecule has 0 saturated heterocycles. The molecule has 2 aliphatic heterocycles. The highest BCUT2D eigenvalue weighted by Gasteiger charge is 2.51. The van der Waals surface area contributed by atoms with Gasteiger partial charge in [0.15, 0.2) is 0 Å². The predicted octanol–water partition coefficient (Wildman–Crippen LogP) is 2.69. The molecule has 3 nitrogen and oxygen atoms in total. The number of aliphatic hydroxyl groups is 1. The van der Waals surface area contributed by atoms with Crippen LogP contribution in [-0.4, -0.2) is 24.0 Å². The van der Waals surface area contributed by atoms with Gasteiger partial charge in [0.2, 0.25) is 0 Å². The highest BCUT2D eigenvalue weighted by Crippen LogP contribution is 2.53. The van der Waals surface area contributed by atoms with Crippen molar-refractivity contribution in [2.75, 3.05) is 13.2 Å². The van der Waals surface area contributed by atoms with E-state index >= 15 is 0 Å². The van der Waals surface area contributed by atoms with Gasteiger partial charge in [-0.15, -0.1) is 0 Å². The summed E-state index contributed by atoms with van der Waals surface area (Å²) < 4.78 is 5.89. The maximum Gasteiger partial charge on any atom is 0.130 e. The van der Waals surface area contributed by atoms with E-state index in [2.05, 4.69) is 18.0 Å². The molecule has 1 aromatic rings. The monoisotopic (exact) mass is 269 g/mol. The van der Waals surface area contributed by atoms with E-state index in [1.807, 2.05) is 24.3 Å². The van der Waals surface area contributed by atoms with Crippen LogP contribution in [0.4, 0.5) is 0 Å². The molecule has 2 unspecified atom stereocenters. The van der Waals surface area contributed by atoms with Crippen molar-refractivity contribution in [2.45, 2.75) is 25.4 Å². The number of dihydropyridines is 1. The van der Waals surface area contributed by atoms with E-state index in [4.69, 9.17) is 4.74 Å². The van der Waals surface area contributed by atoms with Crippen LogP contribution < -0.4 is 4.74 Å². The lowest BCUT2D eigenvalue weighted by atomic mass is 9.77. The van der Waals surface area contributed by atoms with Gasteiger partial charge in [0.1, 0.15) is 18.0 Å². The van der Waals surface area contributed by atoms with Crippen LogP contribution in [0.3, 0.4) is 0 Å². The standard InChI is InChI=1S/C17H19NO2/c1-11-8-14-15(18-9-11)10-20-16-5-3-2-4-13(16)17(14,19)12-6-7-12/h2-5,8,11-12,19H,6-7,9-10H2,1H3. The molecule has 1 fully saturated rings. The van der Waals surface area contributed by atoms with E-state index in [1.165, 1.54) is 0 Å². The number of hydrogen-bond donors (Lipinski definition) is 1. The van der Waals surface area contributed by atoms with E-state index < -0.39 is 5.60 Å². The Morgan fingerprint density at radius 3 is 2.90 bits per heavy atom. The van der Waals surface area contributed by atoms with Crippen LogP contribution in [0.2, 0.25) is 0 Å². The summed E-state index contributed by atoms with van der Waals surface area (Å²) in [7, 11) is 0. The van der Waals surface area contributed by atoms with E-state index in [0.717, 1.165) is 42.0 Å². The second-order valence-electron chi connectivity index (χ2n) is 6.17. The van der Waals surface area contributed by atoms with Crippen molar-refractivity contribution in [3.05, 3.63) is 41.5 Å². The quantitative estimate of drug-likeness (QED) is 0.851. The largest absolute Gasteiger partial charge is 0.487 e. The number of rotatable bonds is 1. The van der Waals surface area contributed by atoms with Gasteiger partial charge in [-0.25, -0.2) is 0 Å². The molecule has 2 atom stereocenters. The van der Waals surface area contributed by atoms with Crippen LogP contribution in [0.1, 0.15) is 25.3 Å². The van der Waals surface area contributed by atoms with Crippen molar-refractivity contribution >= 4 is 5.71 Å². The van der Waals surface area contributed by atoms with Gasteiger partial charge in [-0.3, -0.25) is 4.99 Å². The molecule has 3 heteroatoms. The maximum atomic E-state index is 11.5. The van der Waals surface area contributed by atoms with Crippen LogP contribution in [0, 0.1) is 11.8 Å². The van der Waals surface area contributed by atoms with Crippen LogP contribution in [0.5, 0.6) is 5.75 Å². The smallest absolute Gasteiger partial charge is 0.130 e. The molecule has 20 heavy (non-hydrogen) atoms. The van der Waals surface area contributed by atoms with Crippen molar-refractivity contribution in [2.24, 2.45) is 16.8 Å². The summed E-state index contributed by atoms with van der Waals surface area (Å²) in [6, 6.07) is 7.88. The van der Waals surface area contributed by atoms with Crippen LogP contribution in [0.25, 0.3) is 0 Å². The van der Waals surface area contributed by atoms with Crippen molar-refractivity contribution in [3.63, 3.8) is 0 Å². The number of nitrogens with zero attached hydrogens (tertiary/aromatic N) is 1. The van der Waals surface area contributed by atoms with Gasteiger partial charge >= 0.3 is 0 Å². The predicted molar refractivity (Wildman–Crippen MR) is 78.1 cm³/mol. The van der Waals surface area contributed by atoms with E-state index in [-0.39, 0.29) is 0 Å². The summed E-state index contributed by atoms with van der Waals surface area (Å²) in [4.78, 5) is 4.64. The normalized spacial score (nSPS) is 32.2. The van der Waals surface area contributed by atoms with Crippen molar-refractivity contribution < 1.29 is 9.84 Å². The molecule has 0 radical (unpaired) electrons. The molecule has 0 amide bonds. The van der Waals surface area contributed by atoms with Crippen LogP contribution >= 0.6 is 0 Å². The van der Waals surface area contributed by atoms with Crippen LogP contribution in [0.15, 0.2) is 40.9 Å². The fourth-order valence-corrected chi connectivity index (χ4v) is 3.38. The average molecular weight is 269 g/mol. The van der Waals surface area contributed by atoms with Gasteiger partial charge in [0, 0.05) is 17.7 Å². The number of fused-ring (bicyclic) bond motifs is 2. The molecule has 2 heterocycles. The lowest BCUT2D eigenvalue weighted by Gasteiger charge is -2.33. The van der Waals surface area contributed by atoms with Crippen molar-refractivity contribution in [1.29, 1.82) is 0 Å². The van der Waals surface area contributed by atoms with Gasteiger partial charge in [-0.2, -0.15) is 0 Å². The minimum absolute atomic E-state index is 0.298. The Kier molecular flexibility index (Phi) is 2.55. The highest BCUT2D eigenvalue weighted by atomic mass is 16.5. The van der Waals surface area contributed by atoms with Gasteiger partial charge in [-0.05, 0) is 30.7 Å². The summed E-state index contributed by atoms with van der Waals surface area (Å²) >= 11 is 0. The topological polar surface area (TPSA) is 41.8 Å². The number of para-hydroxylation sites is 1. The van der Waals surface area contributed by atoms with E-state index in [0.29, 0.717) is 18.4 Å². The minimum atomic E-state index is -0.916. The van der Waals surface area contributed by atoms with Crippen molar-refractivity contribution in [1.82, 2.24) is 0 Å². The molecule has 1 saturated carbocycles. The zero-order chi connectivity index (χ0) is 13.7. The first-order valence-corrected chi connectivity index (χ1v) is 7.40. The Morgan fingerprint density at radius 2 is 2.10 bits per heavy atom. The lowest BCUT2D eigenvalue weighted by molar-refractivity contribution is 0.0566. The molecule has 1 aromatic carbocycles. The number of benzene rings is 1. The second kappa shape index (κ2) is 4.19. The molecule has 0 bridgehead atoms. The van der Waals surface area contributed by atoms with Gasteiger partial charge in [0.05, 0.1) is 5.71 Å². The summed E-state index contributed by atoms with van der Waals surface area (Å²) in [5, 5.41) is 11.5. The fraction of sp³-hybridized carbons (Fsp3) is 0.471.